The van der Waals surface area contributed by atoms with Crippen LogP contribution in [0.3, 0.4) is 0 Å². The molecular weight excluding hydrogens is 252 g/mol. The summed E-state index contributed by atoms with van der Waals surface area (Å²) in [6, 6.07) is 0. The van der Waals surface area contributed by atoms with Crippen molar-refractivity contribution in [1.82, 2.24) is 0 Å². The van der Waals surface area contributed by atoms with Crippen LogP contribution >= 0.6 is 0 Å². The minimum Gasteiger partial charge on any atom is -0.491 e. The van der Waals surface area contributed by atoms with Crippen LogP contribution in [-0.2, 0) is 28.5 Å². The van der Waals surface area contributed by atoms with E-state index in [2.05, 4.69) is 0 Å². The zero-order valence-electron chi connectivity index (χ0n) is 10.7. The molecule has 0 aromatic carbocycles. The SMILES string of the molecule is O=C1OCCOCCOCCOCC23OC=C[C@@H]2[C@@H]13. The second-order valence-corrected chi connectivity index (χ2v) is 4.85. The van der Waals surface area contributed by atoms with Crippen molar-refractivity contribution in [3.05, 3.63) is 12.3 Å². The number of hydrogen-bond donors (Lipinski definition) is 0. The van der Waals surface area contributed by atoms with Crippen molar-refractivity contribution in [3.8, 4) is 0 Å². The van der Waals surface area contributed by atoms with Crippen molar-refractivity contribution < 1.29 is 28.5 Å². The van der Waals surface area contributed by atoms with Crippen LogP contribution in [0.5, 0.6) is 0 Å². The van der Waals surface area contributed by atoms with E-state index >= 15 is 0 Å². The van der Waals surface area contributed by atoms with E-state index in [0.717, 1.165) is 0 Å². The Morgan fingerprint density at radius 3 is 2.47 bits per heavy atom. The van der Waals surface area contributed by atoms with Crippen molar-refractivity contribution >= 4 is 5.97 Å². The number of esters is 1. The van der Waals surface area contributed by atoms with Crippen LogP contribution < -0.4 is 0 Å². The van der Waals surface area contributed by atoms with Gasteiger partial charge in [0.1, 0.15) is 12.5 Å². The smallest absolute Gasteiger partial charge is 0.313 e. The first-order valence-corrected chi connectivity index (χ1v) is 6.59. The number of hydrogen-bond acceptors (Lipinski definition) is 6. The van der Waals surface area contributed by atoms with Gasteiger partial charge in [-0.1, -0.05) is 0 Å². The first kappa shape index (κ1) is 12.9. The van der Waals surface area contributed by atoms with Gasteiger partial charge in [-0.25, -0.2) is 0 Å². The second kappa shape index (κ2) is 5.48. The highest BCUT2D eigenvalue weighted by molar-refractivity contribution is 5.80. The zero-order chi connectivity index (χ0) is 13.1. The van der Waals surface area contributed by atoms with Gasteiger partial charge in [0.25, 0.3) is 0 Å². The van der Waals surface area contributed by atoms with Gasteiger partial charge in [-0.2, -0.15) is 0 Å². The first-order valence-electron chi connectivity index (χ1n) is 6.59. The molecule has 0 radical (unpaired) electrons. The number of fused-ring (bicyclic) bond motifs is 1. The summed E-state index contributed by atoms with van der Waals surface area (Å²) in [5.74, 6) is -0.400. The lowest BCUT2D eigenvalue weighted by molar-refractivity contribution is -0.150. The lowest BCUT2D eigenvalue weighted by Crippen LogP contribution is -2.28. The molecule has 2 heterocycles. The van der Waals surface area contributed by atoms with Crippen molar-refractivity contribution in [2.75, 3.05) is 46.2 Å². The molecule has 0 aromatic rings. The van der Waals surface area contributed by atoms with Gasteiger partial charge in [0, 0.05) is 5.92 Å². The Hall–Kier alpha value is -1.11. The molecule has 0 bridgehead atoms. The van der Waals surface area contributed by atoms with E-state index in [4.69, 9.17) is 23.7 Å². The van der Waals surface area contributed by atoms with Crippen LogP contribution in [0.4, 0.5) is 0 Å². The van der Waals surface area contributed by atoms with Gasteiger partial charge in [-0.15, -0.1) is 0 Å². The molecule has 2 aliphatic heterocycles. The molecule has 1 aliphatic carbocycles. The molecule has 2 fully saturated rings. The van der Waals surface area contributed by atoms with Gasteiger partial charge in [0.05, 0.1) is 45.9 Å². The lowest BCUT2D eigenvalue weighted by Gasteiger charge is -2.16. The van der Waals surface area contributed by atoms with E-state index in [9.17, 15) is 4.79 Å². The fraction of sp³-hybridized carbons (Fsp3) is 0.769. The minimum atomic E-state index is -0.540. The Bertz CT molecular complexity index is 368. The fourth-order valence-corrected chi connectivity index (χ4v) is 2.65. The number of carbonyl (C=O) groups is 1. The van der Waals surface area contributed by atoms with Gasteiger partial charge >= 0.3 is 5.97 Å². The molecule has 0 aromatic heterocycles. The monoisotopic (exact) mass is 270 g/mol. The lowest BCUT2D eigenvalue weighted by atomic mass is 10.2. The maximum Gasteiger partial charge on any atom is 0.313 e. The number of ether oxygens (including phenoxy) is 5. The van der Waals surface area contributed by atoms with E-state index in [1.165, 1.54) is 0 Å². The van der Waals surface area contributed by atoms with E-state index in [1.807, 2.05) is 6.08 Å². The Morgan fingerprint density at radius 2 is 1.68 bits per heavy atom. The maximum atomic E-state index is 12.0. The normalized spacial score (nSPS) is 39.5. The average Bonchev–Trinajstić information content (AvgIpc) is 2.84. The highest BCUT2D eigenvalue weighted by Crippen LogP contribution is 2.58. The van der Waals surface area contributed by atoms with Crippen LogP contribution in [0.25, 0.3) is 0 Å². The molecule has 6 heteroatoms. The summed E-state index contributed by atoms with van der Waals surface area (Å²) in [5.41, 5.74) is -0.540. The van der Waals surface area contributed by atoms with Gasteiger partial charge in [-0.3, -0.25) is 4.79 Å². The van der Waals surface area contributed by atoms with Gasteiger partial charge in [0.15, 0.2) is 5.60 Å². The zero-order valence-corrected chi connectivity index (χ0v) is 10.7. The molecule has 3 aliphatic rings. The molecule has 3 atom stereocenters. The predicted molar refractivity (Wildman–Crippen MR) is 63.4 cm³/mol. The standard InChI is InChI=1S/C13H18O6/c14-12-11-10-1-2-19-13(10,11)9-17-6-5-15-3-4-16-7-8-18-12/h1-2,10-11H,3-9H2/t10-,11+,13?/m1/s1. The predicted octanol–water partition coefficient (Wildman–Crippen LogP) is 0.122. The van der Waals surface area contributed by atoms with E-state index < -0.39 is 5.60 Å². The third kappa shape index (κ3) is 2.48. The Morgan fingerprint density at radius 1 is 1.00 bits per heavy atom. The summed E-state index contributed by atoms with van der Waals surface area (Å²) in [5, 5.41) is 0. The highest BCUT2D eigenvalue weighted by Gasteiger charge is 2.72. The summed E-state index contributed by atoms with van der Waals surface area (Å²) in [6.07, 6.45) is 3.54. The quantitative estimate of drug-likeness (QED) is 0.583. The second-order valence-electron chi connectivity index (χ2n) is 4.85. The molecule has 0 N–H and O–H groups in total. The Labute approximate surface area is 111 Å². The Balaban J connectivity index is 1.59. The molecule has 1 spiro atoms. The molecule has 6 nitrogen and oxygen atoms in total. The molecular formula is C13H18O6. The summed E-state index contributed by atoms with van der Waals surface area (Å²) >= 11 is 0. The molecule has 1 saturated carbocycles. The molecule has 1 saturated heterocycles. The van der Waals surface area contributed by atoms with E-state index in [-0.39, 0.29) is 24.4 Å². The number of rotatable bonds is 0. The van der Waals surface area contributed by atoms with Crippen molar-refractivity contribution in [2.45, 2.75) is 5.60 Å². The van der Waals surface area contributed by atoms with E-state index in [1.54, 1.807) is 6.26 Å². The van der Waals surface area contributed by atoms with Crippen LogP contribution in [0.1, 0.15) is 0 Å². The molecule has 1 unspecified atom stereocenters. The maximum absolute atomic E-state index is 12.0. The summed E-state index contributed by atoms with van der Waals surface area (Å²) in [4.78, 5) is 12.0. The third-order valence-corrected chi connectivity index (χ3v) is 3.71. The minimum absolute atomic E-state index is 0.0759. The van der Waals surface area contributed by atoms with Crippen LogP contribution in [0.15, 0.2) is 12.3 Å². The number of cyclic esters (lactones) is 1. The van der Waals surface area contributed by atoms with Gasteiger partial charge < -0.3 is 23.7 Å². The average molecular weight is 270 g/mol. The number of carbonyl (C=O) groups excluding carboxylic acids is 1. The van der Waals surface area contributed by atoms with Gasteiger partial charge in [-0.05, 0) is 6.08 Å². The van der Waals surface area contributed by atoms with Crippen LogP contribution in [0.2, 0.25) is 0 Å². The summed E-state index contributed by atoms with van der Waals surface area (Å²) in [7, 11) is 0. The van der Waals surface area contributed by atoms with Crippen molar-refractivity contribution in [3.63, 3.8) is 0 Å². The molecule has 106 valence electrons. The van der Waals surface area contributed by atoms with Gasteiger partial charge in [0.2, 0.25) is 0 Å². The molecule has 3 rings (SSSR count). The third-order valence-electron chi connectivity index (χ3n) is 3.71. The van der Waals surface area contributed by atoms with E-state index in [0.29, 0.717) is 39.6 Å². The first-order chi connectivity index (χ1) is 9.34. The summed E-state index contributed by atoms with van der Waals surface area (Å²) < 4.78 is 26.9. The molecule has 19 heavy (non-hydrogen) atoms. The fourth-order valence-electron chi connectivity index (χ4n) is 2.65. The largest absolute Gasteiger partial charge is 0.491 e. The topological polar surface area (TPSA) is 63.2 Å². The van der Waals surface area contributed by atoms with Crippen molar-refractivity contribution in [2.24, 2.45) is 11.8 Å². The summed E-state index contributed by atoms with van der Waals surface area (Å²) in [6.45, 7) is 3.08. The van der Waals surface area contributed by atoms with Crippen LogP contribution in [0, 0.1) is 11.8 Å². The van der Waals surface area contributed by atoms with Crippen molar-refractivity contribution in [1.29, 1.82) is 0 Å². The Kier molecular flexibility index (Phi) is 3.72. The molecule has 0 amide bonds. The highest BCUT2D eigenvalue weighted by atomic mass is 16.6. The van der Waals surface area contributed by atoms with Crippen LogP contribution in [-0.4, -0.2) is 57.8 Å².